The first kappa shape index (κ1) is 18.2. The fraction of sp³-hybridized carbons (Fsp3) is 0.625. The maximum atomic E-state index is 6.44. The van der Waals surface area contributed by atoms with Gasteiger partial charge in [-0.2, -0.15) is 0 Å². The van der Waals surface area contributed by atoms with E-state index in [1.54, 1.807) is 14.2 Å². The highest BCUT2D eigenvalue weighted by Crippen LogP contribution is 2.31. The molecule has 0 aliphatic heterocycles. The van der Waals surface area contributed by atoms with Crippen molar-refractivity contribution in [3.05, 3.63) is 28.8 Å². The molecular formula is C16H27ClN2O2. The van der Waals surface area contributed by atoms with Crippen LogP contribution in [0.15, 0.2) is 18.2 Å². The lowest BCUT2D eigenvalue weighted by molar-refractivity contribution is 0.190. The summed E-state index contributed by atoms with van der Waals surface area (Å²) in [5.41, 5.74) is 8.35. The lowest BCUT2D eigenvalue weighted by Crippen LogP contribution is -2.32. The molecule has 5 heteroatoms. The van der Waals surface area contributed by atoms with E-state index in [0.29, 0.717) is 13.2 Å². The fourth-order valence-corrected chi connectivity index (χ4v) is 2.56. The molecule has 120 valence electrons. The number of ether oxygens (including phenoxy) is 2. The molecule has 0 heterocycles. The SMILES string of the molecule is CCC(N)Cc1cccc(Cl)c1N(CCOC)CCOC. The number of rotatable bonds is 10. The molecule has 2 N–H and O–H groups in total. The van der Waals surface area contributed by atoms with E-state index in [-0.39, 0.29) is 6.04 Å². The zero-order valence-electron chi connectivity index (χ0n) is 13.3. The molecule has 21 heavy (non-hydrogen) atoms. The molecule has 1 atom stereocenters. The molecule has 1 unspecified atom stereocenters. The number of halogens is 1. The summed E-state index contributed by atoms with van der Waals surface area (Å²) in [7, 11) is 3.41. The Bertz CT molecular complexity index is 407. The number of para-hydroxylation sites is 1. The quantitative estimate of drug-likeness (QED) is 0.721. The average Bonchev–Trinajstić information content (AvgIpc) is 2.48. The molecule has 1 aromatic carbocycles. The van der Waals surface area contributed by atoms with Crippen LogP contribution >= 0.6 is 11.6 Å². The Morgan fingerprint density at radius 1 is 1.19 bits per heavy atom. The molecule has 0 radical (unpaired) electrons. The first-order valence-corrected chi connectivity index (χ1v) is 7.77. The van der Waals surface area contributed by atoms with Crippen molar-refractivity contribution in [3.63, 3.8) is 0 Å². The summed E-state index contributed by atoms with van der Waals surface area (Å²) in [5.74, 6) is 0. The van der Waals surface area contributed by atoms with Crippen molar-refractivity contribution in [2.24, 2.45) is 5.73 Å². The van der Waals surface area contributed by atoms with Crippen molar-refractivity contribution < 1.29 is 9.47 Å². The Labute approximate surface area is 133 Å². The van der Waals surface area contributed by atoms with Gasteiger partial charge in [-0.15, -0.1) is 0 Å². The second kappa shape index (κ2) is 10.0. The van der Waals surface area contributed by atoms with Gasteiger partial charge in [0.1, 0.15) is 0 Å². The summed E-state index contributed by atoms with van der Waals surface area (Å²) in [5, 5.41) is 0.753. The largest absolute Gasteiger partial charge is 0.383 e. The van der Waals surface area contributed by atoms with Crippen molar-refractivity contribution in [3.8, 4) is 0 Å². The number of nitrogens with zero attached hydrogens (tertiary/aromatic N) is 1. The highest BCUT2D eigenvalue weighted by Gasteiger charge is 2.16. The van der Waals surface area contributed by atoms with Crippen LogP contribution in [-0.2, 0) is 15.9 Å². The number of hydrogen-bond donors (Lipinski definition) is 1. The van der Waals surface area contributed by atoms with Crippen LogP contribution in [0, 0.1) is 0 Å². The maximum absolute atomic E-state index is 6.44. The molecule has 0 fully saturated rings. The van der Waals surface area contributed by atoms with Crippen LogP contribution in [0.4, 0.5) is 5.69 Å². The third-order valence-electron chi connectivity index (χ3n) is 3.52. The van der Waals surface area contributed by atoms with Gasteiger partial charge in [0.05, 0.1) is 23.9 Å². The van der Waals surface area contributed by atoms with Crippen LogP contribution in [0.3, 0.4) is 0 Å². The lowest BCUT2D eigenvalue weighted by Gasteiger charge is -2.28. The molecule has 1 aromatic rings. The van der Waals surface area contributed by atoms with E-state index < -0.39 is 0 Å². The van der Waals surface area contributed by atoms with Crippen molar-refractivity contribution in [1.29, 1.82) is 0 Å². The van der Waals surface area contributed by atoms with Crippen LogP contribution in [0.25, 0.3) is 0 Å². The lowest BCUT2D eigenvalue weighted by atomic mass is 10.0. The molecule has 1 rings (SSSR count). The molecule has 0 bridgehead atoms. The summed E-state index contributed by atoms with van der Waals surface area (Å²) in [6.45, 7) is 4.95. The van der Waals surface area contributed by atoms with Crippen LogP contribution in [0.5, 0.6) is 0 Å². The van der Waals surface area contributed by atoms with Crippen molar-refractivity contribution in [2.75, 3.05) is 45.4 Å². The summed E-state index contributed by atoms with van der Waals surface area (Å²) in [4.78, 5) is 2.22. The topological polar surface area (TPSA) is 47.7 Å². The van der Waals surface area contributed by atoms with Gasteiger partial charge in [-0.1, -0.05) is 30.7 Å². The highest BCUT2D eigenvalue weighted by atomic mass is 35.5. The summed E-state index contributed by atoms with van der Waals surface area (Å²) in [6, 6.07) is 6.15. The Balaban J connectivity index is 3.02. The van der Waals surface area contributed by atoms with Gasteiger partial charge in [0.25, 0.3) is 0 Å². The second-order valence-electron chi connectivity index (χ2n) is 5.09. The van der Waals surface area contributed by atoms with Gasteiger partial charge in [-0.3, -0.25) is 0 Å². The molecule has 0 spiro atoms. The first-order valence-electron chi connectivity index (χ1n) is 7.39. The summed E-state index contributed by atoms with van der Waals surface area (Å²) >= 11 is 6.44. The normalized spacial score (nSPS) is 12.4. The molecule has 0 saturated carbocycles. The van der Waals surface area contributed by atoms with E-state index >= 15 is 0 Å². The zero-order chi connectivity index (χ0) is 15.7. The van der Waals surface area contributed by atoms with Gasteiger partial charge in [0.2, 0.25) is 0 Å². The molecule has 0 aliphatic carbocycles. The minimum absolute atomic E-state index is 0.147. The number of nitrogens with two attached hydrogens (primary N) is 1. The third kappa shape index (κ3) is 5.83. The number of methoxy groups -OCH3 is 2. The van der Waals surface area contributed by atoms with Crippen LogP contribution in [-0.4, -0.2) is 46.6 Å². The van der Waals surface area contributed by atoms with E-state index in [0.717, 1.165) is 36.6 Å². The fourth-order valence-electron chi connectivity index (χ4n) is 2.24. The van der Waals surface area contributed by atoms with Gasteiger partial charge >= 0.3 is 0 Å². The predicted molar refractivity (Wildman–Crippen MR) is 89.4 cm³/mol. The minimum atomic E-state index is 0.147. The average molecular weight is 315 g/mol. The molecule has 4 nitrogen and oxygen atoms in total. The Morgan fingerprint density at radius 3 is 2.33 bits per heavy atom. The van der Waals surface area contributed by atoms with E-state index in [1.165, 1.54) is 5.56 Å². The van der Waals surface area contributed by atoms with E-state index in [9.17, 15) is 0 Å². The maximum Gasteiger partial charge on any atom is 0.0642 e. The van der Waals surface area contributed by atoms with Gasteiger partial charge in [0, 0.05) is 33.4 Å². The number of hydrogen-bond acceptors (Lipinski definition) is 4. The smallest absolute Gasteiger partial charge is 0.0642 e. The Morgan fingerprint density at radius 2 is 1.81 bits per heavy atom. The molecule has 0 amide bonds. The monoisotopic (exact) mass is 314 g/mol. The number of benzene rings is 1. The standard InChI is InChI=1S/C16H27ClN2O2/c1-4-14(18)12-13-6-5-7-15(17)16(13)19(8-10-20-2)9-11-21-3/h5-7,14H,4,8-12,18H2,1-3H3. The third-order valence-corrected chi connectivity index (χ3v) is 3.83. The van der Waals surface area contributed by atoms with Crippen molar-refractivity contribution in [2.45, 2.75) is 25.8 Å². The molecule has 0 saturated heterocycles. The molecule has 0 aliphatic rings. The van der Waals surface area contributed by atoms with E-state index in [4.69, 9.17) is 26.8 Å². The van der Waals surface area contributed by atoms with E-state index in [2.05, 4.69) is 17.9 Å². The van der Waals surface area contributed by atoms with Crippen LogP contribution in [0.2, 0.25) is 5.02 Å². The molecular weight excluding hydrogens is 288 g/mol. The summed E-state index contributed by atoms with van der Waals surface area (Å²) < 4.78 is 10.4. The van der Waals surface area contributed by atoms with Crippen LogP contribution in [0.1, 0.15) is 18.9 Å². The minimum Gasteiger partial charge on any atom is -0.383 e. The zero-order valence-corrected chi connectivity index (χ0v) is 14.0. The second-order valence-corrected chi connectivity index (χ2v) is 5.50. The highest BCUT2D eigenvalue weighted by molar-refractivity contribution is 6.33. The number of anilines is 1. The van der Waals surface area contributed by atoms with Crippen LogP contribution < -0.4 is 10.6 Å². The molecule has 0 aromatic heterocycles. The Hall–Kier alpha value is -0.810. The van der Waals surface area contributed by atoms with Gasteiger partial charge in [0.15, 0.2) is 0 Å². The van der Waals surface area contributed by atoms with Gasteiger partial charge < -0.3 is 20.1 Å². The van der Waals surface area contributed by atoms with Crippen molar-refractivity contribution in [1.82, 2.24) is 0 Å². The van der Waals surface area contributed by atoms with Crippen molar-refractivity contribution >= 4 is 17.3 Å². The predicted octanol–water partition coefficient (Wildman–Crippen LogP) is 2.72. The van der Waals surface area contributed by atoms with Gasteiger partial charge in [-0.05, 0) is 24.5 Å². The first-order chi connectivity index (χ1) is 10.1. The summed E-state index contributed by atoms with van der Waals surface area (Å²) in [6.07, 6.45) is 1.77. The van der Waals surface area contributed by atoms with E-state index in [1.807, 2.05) is 12.1 Å². The van der Waals surface area contributed by atoms with Gasteiger partial charge in [-0.25, -0.2) is 0 Å². The Kier molecular flexibility index (Phi) is 8.69.